The molecule has 0 heterocycles. The van der Waals surface area contributed by atoms with Crippen LogP contribution in [0.3, 0.4) is 0 Å². The van der Waals surface area contributed by atoms with Crippen LogP contribution in [-0.4, -0.2) is 8.07 Å². The van der Waals surface area contributed by atoms with E-state index in [2.05, 4.69) is 85.8 Å². The largest absolute Gasteiger partial charge is 0.0776 e. The van der Waals surface area contributed by atoms with E-state index in [1.807, 2.05) is 0 Å². The van der Waals surface area contributed by atoms with E-state index in [-0.39, 0.29) is 5.41 Å². The van der Waals surface area contributed by atoms with E-state index >= 15 is 0 Å². The van der Waals surface area contributed by atoms with Crippen molar-refractivity contribution in [3.8, 4) is 11.1 Å². The Morgan fingerprint density at radius 2 is 1.35 bits per heavy atom. The minimum Gasteiger partial charge on any atom is -0.0656 e. The summed E-state index contributed by atoms with van der Waals surface area (Å²) in [6.07, 6.45) is 7.67. The fraction of sp³-hybridized carbons (Fsp3) is 0.500. The van der Waals surface area contributed by atoms with E-state index in [4.69, 9.17) is 0 Å². The molecule has 2 aromatic carbocycles. The molecule has 0 radical (unpaired) electrons. The Hall–Kier alpha value is -0.863. The summed E-state index contributed by atoms with van der Waals surface area (Å²) in [4.78, 5) is 0. The molecule has 26 heavy (non-hydrogen) atoms. The van der Waals surface area contributed by atoms with E-state index in [1.54, 1.807) is 16.3 Å². The van der Waals surface area contributed by atoms with Gasteiger partial charge in [-0.15, -0.1) is 0 Å². The minimum absolute atomic E-state index is 0.204. The highest BCUT2D eigenvalue weighted by atomic mass is 79.9. The molecule has 0 saturated heterocycles. The lowest BCUT2D eigenvalue weighted by Crippen LogP contribution is -2.38. The molecule has 0 aliphatic heterocycles. The van der Waals surface area contributed by atoms with Crippen LogP contribution < -0.4 is 5.19 Å². The molecule has 0 atom stereocenters. The van der Waals surface area contributed by atoms with Crippen LogP contribution in [0.25, 0.3) is 11.1 Å². The van der Waals surface area contributed by atoms with Crippen molar-refractivity contribution in [3.63, 3.8) is 0 Å². The van der Waals surface area contributed by atoms with Gasteiger partial charge in [-0.05, 0) is 47.2 Å². The maximum atomic E-state index is 3.75. The predicted octanol–water partition coefficient (Wildman–Crippen LogP) is 7.64. The number of unbranched alkanes of at least 4 members (excludes halogenated alkanes) is 2. The first kappa shape index (κ1) is 19.9. The molecule has 0 amide bonds. The Morgan fingerprint density at radius 1 is 0.808 bits per heavy atom. The Balaban J connectivity index is 2.25. The van der Waals surface area contributed by atoms with Crippen molar-refractivity contribution in [3.05, 3.63) is 52.0 Å². The van der Waals surface area contributed by atoms with E-state index < -0.39 is 8.07 Å². The zero-order valence-electron chi connectivity index (χ0n) is 17.1. The van der Waals surface area contributed by atoms with Gasteiger partial charge in [0, 0.05) is 9.89 Å². The van der Waals surface area contributed by atoms with Crippen molar-refractivity contribution in [1.82, 2.24) is 0 Å². The summed E-state index contributed by atoms with van der Waals surface area (Å²) in [5.74, 6) is 0. The maximum Gasteiger partial charge on any atom is 0.0776 e. The molecule has 0 nitrogen and oxygen atoms in total. The molecular formula is C24H33BrSi. The molecule has 0 fully saturated rings. The van der Waals surface area contributed by atoms with Crippen molar-refractivity contribution in [1.29, 1.82) is 0 Å². The molecule has 0 bridgehead atoms. The molecule has 1 aliphatic rings. The van der Waals surface area contributed by atoms with Crippen LogP contribution >= 0.6 is 15.9 Å². The van der Waals surface area contributed by atoms with Gasteiger partial charge in [-0.2, -0.15) is 0 Å². The van der Waals surface area contributed by atoms with Crippen LogP contribution in [-0.2, 0) is 5.41 Å². The smallest absolute Gasteiger partial charge is 0.0656 e. The van der Waals surface area contributed by atoms with Crippen LogP contribution in [0.5, 0.6) is 0 Å². The Morgan fingerprint density at radius 3 is 1.88 bits per heavy atom. The highest BCUT2D eigenvalue weighted by Crippen LogP contribution is 2.54. The van der Waals surface area contributed by atoms with Gasteiger partial charge in [-0.25, -0.2) is 0 Å². The van der Waals surface area contributed by atoms with E-state index in [1.165, 1.54) is 54.1 Å². The van der Waals surface area contributed by atoms with Gasteiger partial charge in [-0.3, -0.25) is 0 Å². The number of fused-ring (bicyclic) bond motifs is 3. The first-order chi connectivity index (χ1) is 12.3. The van der Waals surface area contributed by atoms with Crippen LogP contribution in [0.2, 0.25) is 19.6 Å². The summed E-state index contributed by atoms with van der Waals surface area (Å²) < 4.78 is 1.21. The summed E-state index contributed by atoms with van der Waals surface area (Å²) in [5, 5.41) is 1.60. The summed E-state index contributed by atoms with van der Waals surface area (Å²) in [6.45, 7) is 12.0. The monoisotopic (exact) mass is 428 g/mol. The third-order valence-corrected chi connectivity index (χ3v) is 8.64. The van der Waals surface area contributed by atoms with E-state index in [9.17, 15) is 0 Å². The van der Waals surface area contributed by atoms with Crippen molar-refractivity contribution in [2.45, 2.75) is 77.4 Å². The number of hydrogen-bond donors (Lipinski definition) is 0. The molecule has 140 valence electrons. The molecule has 0 spiro atoms. The molecule has 0 saturated carbocycles. The van der Waals surface area contributed by atoms with Gasteiger partial charge >= 0.3 is 0 Å². The lowest BCUT2D eigenvalue weighted by atomic mass is 9.71. The van der Waals surface area contributed by atoms with Crippen LogP contribution in [0.4, 0.5) is 0 Å². The number of benzene rings is 2. The van der Waals surface area contributed by atoms with Crippen LogP contribution in [0.1, 0.15) is 63.5 Å². The molecule has 2 heteroatoms. The van der Waals surface area contributed by atoms with Crippen LogP contribution in [0.15, 0.2) is 40.9 Å². The molecule has 0 aromatic heterocycles. The lowest BCUT2D eigenvalue weighted by Gasteiger charge is -2.33. The third-order valence-electron chi connectivity index (χ3n) is 6.10. The highest BCUT2D eigenvalue weighted by molar-refractivity contribution is 9.10. The van der Waals surface area contributed by atoms with Crippen molar-refractivity contribution >= 4 is 29.2 Å². The van der Waals surface area contributed by atoms with E-state index in [0.717, 1.165) is 0 Å². The second-order valence-electron chi connectivity index (χ2n) is 8.99. The SMILES string of the molecule is CCCCC1(CCCC)c2cc(Br)ccc2-c2ccc([Si](C)(C)C)cc21. The topological polar surface area (TPSA) is 0 Å². The zero-order chi connectivity index (χ0) is 18.9. The molecule has 0 unspecified atom stereocenters. The average Bonchev–Trinajstić information content (AvgIpc) is 2.86. The fourth-order valence-electron chi connectivity index (χ4n) is 4.55. The summed E-state index contributed by atoms with van der Waals surface area (Å²) in [6, 6.07) is 14.4. The van der Waals surface area contributed by atoms with E-state index in [0.29, 0.717) is 0 Å². The average molecular weight is 430 g/mol. The van der Waals surface area contributed by atoms with Crippen molar-refractivity contribution in [2.24, 2.45) is 0 Å². The van der Waals surface area contributed by atoms with Gasteiger partial charge < -0.3 is 0 Å². The number of halogens is 1. The molecule has 1 aliphatic carbocycles. The normalized spacial score (nSPS) is 15.0. The molecular weight excluding hydrogens is 396 g/mol. The first-order valence-electron chi connectivity index (χ1n) is 10.3. The Labute approximate surface area is 169 Å². The zero-order valence-corrected chi connectivity index (χ0v) is 19.7. The molecule has 2 aromatic rings. The third kappa shape index (κ3) is 3.47. The van der Waals surface area contributed by atoms with Gasteiger partial charge in [0.1, 0.15) is 0 Å². The fourth-order valence-corrected chi connectivity index (χ4v) is 6.08. The number of hydrogen-bond acceptors (Lipinski definition) is 0. The maximum absolute atomic E-state index is 3.75. The van der Waals surface area contributed by atoms with Crippen LogP contribution in [0, 0.1) is 0 Å². The summed E-state index contributed by atoms with van der Waals surface area (Å²) >= 11 is 3.75. The van der Waals surface area contributed by atoms with Gasteiger partial charge in [0.15, 0.2) is 0 Å². The minimum atomic E-state index is -1.32. The summed E-state index contributed by atoms with van der Waals surface area (Å²) in [7, 11) is -1.32. The van der Waals surface area contributed by atoms with Gasteiger partial charge in [-0.1, -0.05) is 105 Å². The van der Waals surface area contributed by atoms with Crippen molar-refractivity contribution in [2.75, 3.05) is 0 Å². The second kappa shape index (κ2) is 7.64. The van der Waals surface area contributed by atoms with Gasteiger partial charge in [0.05, 0.1) is 8.07 Å². The Kier molecular flexibility index (Phi) is 5.84. The quantitative estimate of drug-likeness (QED) is 0.397. The van der Waals surface area contributed by atoms with Crippen molar-refractivity contribution < 1.29 is 0 Å². The van der Waals surface area contributed by atoms with Gasteiger partial charge in [0.2, 0.25) is 0 Å². The molecule has 0 N–H and O–H groups in total. The predicted molar refractivity (Wildman–Crippen MR) is 122 cm³/mol. The molecule has 3 rings (SSSR count). The lowest BCUT2D eigenvalue weighted by molar-refractivity contribution is 0.414. The standard InChI is InChI=1S/C24H33BrSi/c1-6-8-14-24(15-9-7-2)22-16-18(25)10-12-20(22)21-13-11-19(17-23(21)24)26(3,4)5/h10-13,16-17H,6-9,14-15H2,1-5H3. The summed E-state index contributed by atoms with van der Waals surface area (Å²) in [5.41, 5.74) is 6.35. The number of rotatable bonds is 7. The van der Waals surface area contributed by atoms with Gasteiger partial charge in [0.25, 0.3) is 0 Å². The first-order valence-corrected chi connectivity index (χ1v) is 14.6. The Bertz CT molecular complexity index is 777. The highest BCUT2D eigenvalue weighted by Gasteiger charge is 2.42. The second-order valence-corrected chi connectivity index (χ2v) is 15.0.